The Kier molecular flexibility index (Phi) is 4.99. The maximum Gasteiger partial charge on any atom is 0.421 e. The van der Waals surface area contributed by atoms with E-state index in [1.807, 2.05) is 6.92 Å². The van der Waals surface area contributed by atoms with Crippen LogP contribution in [0.4, 0.5) is 13.2 Å². The Morgan fingerprint density at radius 3 is 2.12 bits per heavy atom. The molecule has 0 spiro atoms. The highest BCUT2D eigenvalue weighted by Gasteiger charge is 2.55. The van der Waals surface area contributed by atoms with Crippen LogP contribution in [0.2, 0.25) is 0 Å². The molecule has 0 saturated carbocycles. The fourth-order valence-electron chi connectivity index (χ4n) is 2.45. The van der Waals surface area contributed by atoms with Crippen LogP contribution in [0.25, 0.3) is 0 Å². The Bertz CT molecular complexity index is 739. The van der Waals surface area contributed by atoms with Crippen LogP contribution in [-0.4, -0.2) is 22.2 Å². The van der Waals surface area contributed by atoms with Crippen molar-refractivity contribution in [3.63, 3.8) is 0 Å². The summed E-state index contributed by atoms with van der Waals surface area (Å²) in [5.41, 5.74) is -1.85. The zero-order chi connectivity index (χ0) is 18.0. The molecule has 0 amide bonds. The lowest BCUT2D eigenvalue weighted by Crippen LogP contribution is -2.44. The fourth-order valence-corrected chi connectivity index (χ4v) is 2.45. The first-order chi connectivity index (χ1) is 11.2. The van der Waals surface area contributed by atoms with Crippen LogP contribution >= 0.6 is 0 Å². The van der Waals surface area contributed by atoms with Gasteiger partial charge in [-0.15, -0.1) is 0 Å². The quantitative estimate of drug-likeness (QED) is 0.496. The number of hydrogen-bond donors (Lipinski definition) is 2. The van der Waals surface area contributed by atoms with Gasteiger partial charge in [0.05, 0.1) is 5.71 Å². The highest BCUT2D eigenvalue weighted by molar-refractivity contribution is 6.01. The molecule has 1 atom stereocenters. The number of rotatable bonds is 4. The summed E-state index contributed by atoms with van der Waals surface area (Å²) in [6, 6.07) is 12.1. The minimum absolute atomic E-state index is 0.240. The molecule has 0 aliphatic rings. The molecule has 0 fully saturated rings. The Morgan fingerprint density at radius 2 is 1.62 bits per heavy atom. The van der Waals surface area contributed by atoms with Gasteiger partial charge in [-0.3, -0.25) is 0 Å². The number of oxime groups is 1. The van der Waals surface area contributed by atoms with Gasteiger partial charge in [0, 0.05) is 6.42 Å². The summed E-state index contributed by atoms with van der Waals surface area (Å²) >= 11 is 0. The predicted octanol–water partition coefficient (Wildman–Crippen LogP) is 4.32. The van der Waals surface area contributed by atoms with Crippen molar-refractivity contribution in [1.82, 2.24) is 0 Å². The lowest BCUT2D eigenvalue weighted by atomic mass is 9.85. The summed E-state index contributed by atoms with van der Waals surface area (Å²) in [5.74, 6) is 0. The van der Waals surface area contributed by atoms with E-state index in [0.29, 0.717) is 11.1 Å². The van der Waals surface area contributed by atoms with Gasteiger partial charge >= 0.3 is 6.18 Å². The van der Waals surface area contributed by atoms with Gasteiger partial charge in [0.25, 0.3) is 0 Å². The van der Waals surface area contributed by atoms with Gasteiger partial charge in [-0.05, 0) is 25.0 Å². The molecule has 0 aliphatic heterocycles. The molecule has 0 aliphatic carbocycles. The molecule has 0 aromatic heterocycles. The molecule has 3 nitrogen and oxygen atoms in total. The number of aryl methyl sites for hydroxylation is 2. The number of alkyl halides is 3. The number of nitrogens with zero attached hydrogens (tertiary/aromatic N) is 1. The van der Waals surface area contributed by atoms with Crippen molar-refractivity contribution in [3.05, 3.63) is 70.8 Å². The summed E-state index contributed by atoms with van der Waals surface area (Å²) in [7, 11) is 0. The summed E-state index contributed by atoms with van der Waals surface area (Å²) < 4.78 is 40.8. The van der Waals surface area contributed by atoms with E-state index in [0.717, 1.165) is 5.56 Å². The first-order valence-electron chi connectivity index (χ1n) is 7.31. The van der Waals surface area contributed by atoms with Crippen LogP contribution in [0.15, 0.2) is 53.7 Å². The van der Waals surface area contributed by atoms with Gasteiger partial charge in [0.15, 0.2) is 5.60 Å². The van der Waals surface area contributed by atoms with Crippen LogP contribution in [0.1, 0.15) is 28.7 Å². The Balaban J connectivity index is 2.47. The minimum atomic E-state index is -4.93. The number of halogens is 3. The first-order valence-corrected chi connectivity index (χ1v) is 7.31. The van der Waals surface area contributed by atoms with Gasteiger partial charge in [-0.2, -0.15) is 13.2 Å². The van der Waals surface area contributed by atoms with Crippen molar-refractivity contribution >= 4 is 5.71 Å². The lowest BCUT2D eigenvalue weighted by molar-refractivity contribution is -0.263. The molecular weight excluding hydrogens is 319 g/mol. The fraction of sp³-hybridized carbons (Fsp3) is 0.278. The molecule has 128 valence electrons. The Hall–Kier alpha value is -2.34. The summed E-state index contributed by atoms with van der Waals surface area (Å²) in [4.78, 5) is 0. The van der Waals surface area contributed by atoms with Crippen molar-refractivity contribution in [3.8, 4) is 0 Å². The zero-order valence-electron chi connectivity index (χ0n) is 13.3. The second-order valence-electron chi connectivity index (χ2n) is 5.82. The normalized spacial score (nSPS) is 15.2. The molecule has 0 heterocycles. The SMILES string of the molecule is Cc1ccc(C(CC(O)(c2cccc(C)c2)C(F)(F)F)=NO)cc1. The average Bonchev–Trinajstić information content (AvgIpc) is 2.52. The largest absolute Gasteiger partial charge is 0.421 e. The molecule has 2 rings (SSSR count). The molecule has 1 unspecified atom stereocenters. The molecule has 2 aromatic carbocycles. The highest BCUT2D eigenvalue weighted by atomic mass is 19.4. The molecule has 24 heavy (non-hydrogen) atoms. The second kappa shape index (κ2) is 6.65. The van der Waals surface area contributed by atoms with Gasteiger partial charge in [0.1, 0.15) is 0 Å². The van der Waals surface area contributed by atoms with Crippen molar-refractivity contribution in [2.45, 2.75) is 32.0 Å². The van der Waals surface area contributed by atoms with Gasteiger partial charge in [-0.1, -0.05) is 64.8 Å². The van der Waals surface area contributed by atoms with Crippen molar-refractivity contribution < 1.29 is 23.5 Å². The van der Waals surface area contributed by atoms with Gasteiger partial charge in [-0.25, -0.2) is 0 Å². The van der Waals surface area contributed by atoms with Crippen molar-refractivity contribution in [1.29, 1.82) is 0 Å². The van der Waals surface area contributed by atoms with E-state index in [4.69, 9.17) is 0 Å². The third-order valence-electron chi connectivity index (χ3n) is 3.89. The molecule has 0 radical (unpaired) electrons. The van der Waals surface area contributed by atoms with Gasteiger partial charge < -0.3 is 10.3 Å². The molecule has 2 N–H and O–H groups in total. The van der Waals surface area contributed by atoms with E-state index in [2.05, 4.69) is 5.16 Å². The van der Waals surface area contributed by atoms with Crippen molar-refractivity contribution in [2.24, 2.45) is 5.16 Å². The highest BCUT2D eigenvalue weighted by Crippen LogP contribution is 2.42. The van der Waals surface area contributed by atoms with Crippen LogP contribution < -0.4 is 0 Å². The lowest BCUT2D eigenvalue weighted by Gasteiger charge is -2.31. The summed E-state index contributed by atoms with van der Waals surface area (Å²) in [5, 5.41) is 22.6. The van der Waals surface area contributed by atoms with E-state index < -0.39 is 18.2 Å². The van der Waals surface area contributed by atoms with E-state index in [-0.39, 0.29) is 11.3 Å². The number of benzene rings is 2. The maximum absolute atomic E-state index is 13.6. The van der Waals surface area contributed by atoms with E-state index >= 15 is 0 Å². The van der Waals surface area contributed by atoms with Crippen LogP contribution in [0, 0.1) is 13.8 Å². The molecule has 0 bridgehead atoms. The summed E-state index contributed by atoms with van der Waals surface area (Å²) in [6.45, 7) is 3.47. The topological polar surface area (TPSA) is 52.8 Å². The van der Waals surface area contributed by atoms with Crippen LogP contribution in [0.3, 0.4) is 0 Å². The van der Waals surface area contributed by atoms with Crippen LogP contribution in [-0.2, 0) is 5.60 Å². The monoisotopic (exact) mass is 337 g/mol. The average molecular weight is 337 g/mol. The standard InChI is InChI=1S/C18H18F3NO2/c1-12-6-8-14(9-7-12)16(22-24)11-17(23,18(19,20)21)15-5-3-4-13(2)10-15/h3-10,23-24H,11H2,1-2H3. The third kappa shape index (κ3) is 3.59. The second-order valence-corrected chi connectivity index (χ2v) is 5.82. The molecule has 0 saturated heterocycles. The first kappa shape index (κ1) is 18.0. The zero-order valence-corrected chi connectivity index (χ0v) is 13.3. The summed E-state index contributed by atoms with van der Waals surface area (Å²) in [6.07, 6.45) is -5.82. The van der Waals surface area contributed by atoms with E-state index in [1.165, 1.54) is 18.2 Å². The van der Waals surface area contributed by atoms with Gasteiger partial charge in [0.2, 0.25) is 0 Å². The van der Waals surface area contributed by atoms with E-state index in [9.17, 15) is 23.5 Å². The smallest absolute Gasteiger partial charge is 0.411 e. The Morgan fingerprint density at radius 1 is 1.00 bits per heavy atom. The molecular formula is C18H18F3NO2. The van der Waals surface area contributed by atoms with E-state index in [1.54, 1.807) is 37.3 Å². The van der Waals surface area contributed by atoms with Crippen molar-refractivity contribution in [2.75, 3.05) is 0 Å². The van der Waals surface area contributed by atoms with Crippen LogP contribution in [0.5, 0.6) is 0 Å². The maximum atomic E-state index is 13.6. The minimum Gasteiger partial charge on any atom is -0.411 e. The molecule has 2 aromatic rings. The third-order valence-corrected chi connectivity index (χ3v) is 3.89. The number of hydrogen-bond acceptors (Lipinski definition) is 3. The number of aliphatic hydroxyl groups is 1. The molecule has 6 heteroatoms. The predicted molar refractivity (Wildman–Crippen MR) is 85.3 cm³/mol. The Labute approximate surface area is 138 Å².